The van der Waals surface area contributed by atoms with Gasteiger partial charge < -0.3 is 10.1 Å². The number of hydrogen-bond donors (Lipinski definition) is 1. The molecule has 2 atom stereocenters. The minimum atomic E-state index is 0.405. The predicted octanol–water partition coefficient (Wildman–Crippen LogP) is 3.31. The van der Waals surface area contributed by atoms with Gasteiger partial charge in [-0.05, 0) is 57.7 Å². The molecule has 3 heteroatoms. The van der Waals surface area contributed by atoms with Gasteiger partial charge >= 0.3 is 0 Å². The Hall–Kier alpha value is -0.930. The maximum atomic E-state index is 5.72. The lowest BCUT2D eigenvalue weighted by molar-refractivity contribution is 0.0996. The highest BCUT2D eigenvalue weighted by Gasteiger charge is 2.19. The smallest absolute Gasteiger partial charge is 0.0576 e. The van der Waals surface area contributed by atoms with E-state index in [1.54, 1.807) is 0 Å². The first-order valence-electron chi connectivity index (χ1n) is 7.50. The summed E-state index contributed by atoms with van der Waals surface area (Å²) in [5, 5.41) is 3.59. The Balaban J connectivity index is 2.01. The zero-order valence-corrected chi connectivity index (χ0v) is 12.4. The molecule has 0 saturated carbocycles. The fraction of sp³-hybridized carbons (Fsp3) is 0.688. The maximum absolute atomic E-state index is 5.72. The Labute approximate surface area is 116 Å². The monoisotopic (exact) mass is 262 g/mol. The van der Waals surface area contributed by atoms with Crippen LogP contribution in [-0.2, 0) is 4.74 Å². The molecule has 1 aliphatic heterocycles. The molecule has 1 aliphatic rings. The van der Waals surface area contributed by atoms with E-state index in [1.807, 2.05) is 6.92 Å². The summed E-state index contributed by atoms with van der Waals surface area (Å²) in [5.74, 6) is 0. The van der Waals surface area contributed by atoms with Gasteiger partial charge in [0, 0.05) is 24.0 Å². The van der Waals surface area contributed by atoms with Gasteiger partial charge in [0.2, 0.25) is 0 Å². The number of nitrogens with one attached hydrogen (secondary N) is 1. The molecule has 1 aromatic rings. The summed E-state index contributed by atoms with van der Waals surface area (Å²) in [4.78, 5) is 4.59. The van der Waals surface area contributed by atoms with Gasteiger partial charge in [-0.2, -0.15) is 0 Å². The van der Waals surface area contributed by atoms with Gasteiger partial charge in [0.1, 0.15) is 0 Å². The maximum Gasteiger partial charge on any atom is 0.0576 e. The third-order valence-corrected chi connectivity index (χ3v) is 3.89. The molecule has 1 fully saturated rings. The van der Waals surface area contributed by atoms with Crippen molar-refractivity contribution in [3.05, 3.63) is 29.1 Å². The van der Waals surface area contributed by atoms with Crippen molar-refractivity contribution >= 4 is 0 Å². The highest BCUT2D eigenvalue weighted by atomic mass is 16.5. The molecular weight excluding hydrogens is 236 g/mol. The molecular formula is C16H26N2O. The van der Waals surface area contributed by atoms with Crippen LogP contribution < -0.4 is 5.32 Å². The molecule has 2 unspecified atom stereocenters. The first-order valence-corrected chi connectivity index (χ1v) is 7.50. The molecule has 0 bridgehead atoms. The average molecular weight is 262 g/mol. The molecule has 1 N–H and O–H groups in total. The first-order chi connectivity index (χ1) is 9.20. The number of pyridine rings is 1. The summed E-state index contributed by atoms with van der Waals surface area (Å²) in [7, 11) is 0. The van der Waals surface area contributed by atoms with E-state index in [0.29, 0.717) is 12.1 Å². The molecule has 2 heterocycles. The van der Waals surface area contributed by atoms with E-state index < -0.39 is 0 Å². The number of hydrogen-bond acceptors (Lipinski definition) is 3. The van der Waals surface area contributed by atoms with Crippen LogP contribution in [0.4, 0.5) is 0 Å². The van der Waals surface area contributed by atoms with Crippen molar-refractivity contribution < 1.29 is 4.74 Å². The standard InChI is InChI=1S/C16H26N2O/c1-4-17-16(10-8-14-6-5-11-19-14)15-9-7-12(2)18-13(15)3/h7,9,14,16-17H,4-6,8,10-11H2,1-3H3. The summed E-state index contributed by atoms with van der Waals surface area (Å²) < 4.78 is 5.72. The molecule has 19 heavy (non-hydrogen) atoms. The van der Waals surface area contributed by atoms with Crippen molar-refractivity contribution in [3.8, 4) is 0 Å². The van der Waals surface area contributed by atoms with E-state index in [4.69, 9.17) is 4.74 Å². The molecule has 1 aromatic heterocycles. The second kappa shape index (κ2) is 7.01. The molecule has 3 nitrogen and oxygen atoms in total. The van der Waals surface area contributed by atoms with Crippen LogP contribution in [0.5, 0.6) is 0 Å². The normalized spacial score (nSPS) is 20.7. The topological polar surface area (TPSA) is 34.1 Å². The largest absolute Gasteiger partial charge is 0.378 e. The van der Waals surface area contributed by atoms with E-state index in [-0.39, 0.29) is 0 Å². The Bertz CT molecular complexity index is 400. The molecule has 0 amide bonds. The Morgan fingerprint density at radius 2 is 2.26 bits per heavy atom. The van der Waals surface area contributed by atoms with Crippen molar-refractivity contribution in [2.24, 2.45) is 0 Å². The number of ether oxygens (including phenoxy) is 1. The van der Waals surface area contributed by atoms with Gasteiger partial charge in [0.05, 0.1) is 6.10 Å². The van der Waals surface area contributed by atoms with Crippen LogP contribution in [0.1, 0.15) is 55.6 Å². The summed E-state index contributed by atoms with van der Waals surface area (Å²) in [6.45, 7) is 8.26. The third kappa shape index (κ3) is 4.02. The van der Waals surface area contributed by atoms with Gasteiger partial charge in [-0.25, -0.2) is 0 Å². The predicted molar refractivity (Wildman–Crippen MR) is 78.3 cm³/mol. The van der Waals surface area contributed by atoms with Crippen LogP contribution in [0, 0.1) is 13.8 Å². The van der Waals surface area contributed by atoms with Gasteiger partial charge in [0.25, 0.3) is 0 Å². The van der Waals surface area contributed by atoms with Crippen molar-refractivity contribution in [3.63, 3.8) is 0 Å². The summed E-state index contributed by atoms with van der Waals surface area (Å²) in [6.07, 6.45) is 5.20. The fourth-order valence-corrected chi connectivity index (χ4v) is 2.90. The van der Waals surface area contributed by atoms with Gasteiger partial charge in [-0.3, -0.25) is 4.98 Å². The average Bonchev–Trinajstić information content (AvgIpc) is 2.88. The van der Waals surface area contributed by atoms with E-state index in [2.05, 4.69) is 36.3 Å². The molecule has 2 rings (SSSR count). The Morgan fingerprint density at radius 3 is 2.89 bits per heavy atom. The molecule has 0 radical (unpaired) electrons. The number of aryl methyl sites for hydroxylation is 2. The summed E-state index contributed by atoms with van der Waals surface area (Å²) in [6, 6.07) is 4.74. The SMILES string of the molecule is CCNC(CCC1CCCO1)c1ccc(C)nc1C. The van der Waals surface area contributed by atoms with Crippen molar-refractivity contribution in [1.29, 1.82) is 0 Å². The third-order valence-electron chi connectivity index (χ3n) is 3.89. The highest BCUT2D eigenvalue weighted by molar-refractivity contribution is 5.25. The van der Waals surface area contributed by atoms with Crippen LogP contribution in [0.2, 0.25) is 0 Å². The van der Waals surface area contributed by atoms with Crippen LogP contribution in [0.3, 0.4) is 0 Å². The quantitative estimate of drug-likeness (QED) is 0.854. The molecule has 0 aliphatic carbocycles. The van der Waals surface area contributed by atoms with Gasteiger partial charge in [-0.1, -0.05) is 13.0 Å². The lowest BCUT2D eigenvalue weighted by Crippen LogP contribution is -2.23. The van der Waals surface area contributed by atoms with E-state index >= 15 is 0 Å². The number of rotatable bonds is 6. The van der Waals surface area contributed by atoms with Crippen molar-refractivity contribution in [1.82, 2.24) is 10.3 Å². The zero-order valence-electron chi connectivity index (χ0n) is 12.4. The van der Waals surface area contributed by atoms with E-state index in [9.17, 15) is 0 Å². The van der Waals surface area contributed by atoms with Crippen LogP contribution in [0.25, 0.3) is 0 Å². The van der Waals surface area contributed by atoms with Crippen molar-refractivity contribution in [2.75, 3.05) is 13.2 Å². The van der Waals surface area contributed by atoms with Gasteiger partial charge in [-0.15, -0.1) is 0 Å². The first kappa shape index (κ1) is 14.5. The van der Waals surface area contributed by atoms with Crippen LogP contribution in [-0.4, -0.2) is 24.2 Å². The lowest BCUT2D eigenvalue weighted by atomic mass is 9.98. The zero-order chi connectivity index (χ0) is 13.7. The molecule has 0 spiro atoms. The fourth-order valence-electron chi connectivity index (χ4n) is 2.90. The number of aromatic nitrogens is 1. The summed E-state index contributed by atoms with van der Waals surface area (Å²) in [5.41, 5.74) is 3.58. The van der Waals surface area contributed by atoms with Crippen LogP contribution >= 0.6 is 0 Å². The van der Waals surface area contributed by atoms with E-state index in [1.165, 1.54) is 18.4 Å². The Morgan fingerprint density at radius 1 is 1.42 bits per heavy atom. The Kier molecular flexibility index (Phi) is 5.34. The van der Waals surface area contributed by atoms with Crippen molar-refractivity contribution in [2.45, 2.75) is 58.6 Å². The molecule has 0 aromatic carbocycles. The van der Waals surface area contributed by atoms with Gasteiger partial charge in [0.15, 0.2) is 0 Å². The lowest BCUT2D eigenvalue weighted by Gasteiger charge is -2.21. The number of nitrogens with zero attached hydrogens (tertiary/aromatic N) is 1. The summed E-state index contributed by atoms with van der Waals surface area (Å²) >= 11 is 0. The second-order valence-electron chi connectivity index (χ2n) is 5.45. The minimum absolute atomic E-state index is 0.405. The highest BCUT2D eigenvalue weighted by Crippen LogP contribution is 2.25. The van der Waals surface area contributed by atoms with E-state index in [0.717, 1.165) is 37.4 Å². The second-order valence-corrected chi connectivity index (χ2v) is 5.45. The minimum Gasteiger partial charge on any atom is -0.378 e. The molecule has 1 saturated heterocycles. The van der Waals surface area contributed by atoms with Crippen LogP contribution in [0.15, 0.2) is 12.1 Å². The molecule has 106 valence electrons.